The fourth-order valence-corrected chi connectivity index (χ4v) is 8.37. The predicted molar refractivity (Wildman–Crippen MR) is 107 cm³/mol. The Hall–Kier alpha value is -1.70. The standard InChI is InChI=1S/C22H21ClF2O4S/c23-14-2-4-15(5-3-14)30(26,27)22-9-1-8-21(10-11-28-13-21)18(22)12-29-20-17(25)7-6-16(24)19(20)22/h2-7,18H,1,8-13H2/t18-,21+,22-/m0/s1. The number of fused-ring (bicyclic) bond motifs is 4. The van der Waals surface area contributed by atoms with Gasteiger partial charge in [-0.2, -0.15) is 0 Å². The van der Waals surface area contributed by atoms with E-state index in [1.54, 1.807) is 0 Å². The van der Waals surface area contributed by atoms with Crippen molar-refractivity contribution in [3.05, 3.63) is 58.6 Å². The van der Waals surface area contributed by atoms with E-state index in [0.717, 1.165) is 18.6 Å². The van der Waals surface area contributed by atoms with Gasteiger partial charge in [0.05, 0.1) is 23.7 Å². The second kappa shape index (κ2) is 6.90. The minimum Gasteiger partial charge on any atom is -0.490 e. The van der Waals surface area contributed by atoms with Gasteiger partial charge in [-0.1, -0.05) is 18.0 Å². The maximum absolute atomic E-state index is 15.3. The quantitative estimate of drug-likeness (QED) is 0.648. The highest BCUT2D eigenvalue weighted by Crippen LogP contribution is 2.63. The van der Waals surface area contributed by atoms with E-state index >= 15 is 4.39 Å². The van der Waals surface area contributed by atoms with E-state index in [2.05, 4.69) is 0 Å². The molecule has 1 saturated carbocycles. The first-order chi connectivity index (χ1) is 14.3. The molecule has 0 radical (unpaired) electrons. The summed E-state index contributed by atoms with van der Waals surface area (Å²) in [6, 6.07) is 7.84. The number of hydrogen-bond donors (Lipinski definition) is 0. The lowest BCUT2D eigenvalue weighted by Crippen LogP contribution is -2.58. The molecule has 1 saturated heterocycles. The lowest BCUT2D eigenvalue weighted by atomic mass is 9.58. The van der Waals surface area contributed by atoms with Crippen molar-refractivity contribution >= 4 is 21.4 Å². The zero-order valence-electron chi connectivity index (χ0n) is 16.2. The monoisotopic (exact) mass is 454 g/mol. The van der Waals surface area contributed by atoms with Gasteiger partial charge >= 0.3 is 0 Å². The molecule has 3 atom stereocenters. The first kappa shape index (κ1) is 20.2. The van der Waals surface area contributed by atoms with Crippen molar-refractivity contribution in [2.24, 2.45) is 11.3 Å². The van der Waals surface area contributed by atoms with Crippen LogP contribution in [0.5, 0.6) is 5.75 Å². The Kier molecular flexibility index (Phi) is 4.65. The lowest BCUT2D eigenvalue weighted by molar-refractivity contribution is -0.00778. The van der Waals surface area contributed by atoms with Crippen LogP contribution in [0.3, 0.4) is 0 Å². The van der Waals surface area contributed by atoms with Crippen LogP contribution >= 0.6 is 11.6 Å². The molecular formula is C22H21ClF2O4S. The summed E-state index contributed by atoms with van der Waals surface area (Å²) in [5, 5.41) is 0.400. The summed E-state index contributed by atoms with van der Waals surface area (Å²) in [4.78, 5) is 0.0457. The van der Waals surface area contributed by atoms with Crippen LogP contribution in [0.1, 0.15) is 31.2 Å². The summed E-state index contributed by atoms with van der Waals surface area (Å²) in [6.45, 7) is 0.917. The summed E-state index contributed by atoms with van der Waals surface area (Å²) in [7, 11) is -4.12. The average Bonchev–Trinajstić information content (AvgIpc) is 3.19. The summed E-state index contributed by atoms with van der Waals surface area (Å²) >= 11 is 5.97. The Bertz CT molecular complexity index is 1100. The minimum atomic E-state index is -4.12. The summed E-state index contributed by atoms with van der Waals surface area (Å²) in [5.74, 6) is -2.35. The molecule has 0 N–H and O–H groups in total. The highest BCUT2D eigenvalue weighted by atomic mass is 35.5. The van der Waals surface area contributed by atoms with Crippen LogP contribution in [0.25, 0.3) is 0 Å². The SMILES string of the molecule is O=S(=O)(c1ccc(Cl)cc1)[C@@]12CCC[C@]3(CCOC3)[C@@H]1COc1c(F)ccc(F)c12. The van der Waals surface area contributed by atoms with Crippen molar-refractivity contribution < 1.29 is 26.7 Å². The van der Waals surface area contributed by atoms with Gasteiger partial charge in [0.2, 0.25) is 0 Å². The number of benzene rings is 2. The molecule has 0 amide bonds. The topological polar surface area (TPSA) is 52.6 Å². The van der Waals surface area contributed by atoms with Crippen LogP contribution in [-0.4, -0.2) is 28.2 Å². The molecule has 160 valence electrons. The van der Waals surface area contributed by atoms with Gasteiger partial charge in [0.25, 0.3) is 0 Å². The van der Waals surface area contributed by atoms with E-state index in [1.807, 2.05) is 0 Å². The minimum absolute atomic E-state index is 0.00352. The van der Waals surface area contributed by atoms with Gasteiger partial charge in [0.15, 0.2) is 21.4 Å². The third kappa shape index (κ3) is 2.61. The highest BCUT2D eigenvalue weighted by Gasteiger charge is 2.65. The Labute approximate surface area is 179 Å². The lowest BCUT2D eigenvalue weighted by Gasteiger charge is -2.54. The molecule has 2 aromatic rings. The van der Waals surface area contributed by atoms with E-state index in [4.69, 9.17) is 21.1 Å². The van der Waals surface area contributed by atoms with Gasteiger partial charge in [0.1, 0.15) is 10.6 Å². The fraction of sp³-hybridized carbons (Fsp3) is 0.455. The molecule has 0 aromatic heterocycles. The van der Waals surface area contributed by atoms with E-state index < -0.39 is 37.6 Å². The van der Waals surface area contributed by atoms with Crippen molar-refractivity contribution in [1.29, 1.82) is 0 Å². The van der Waals surface area contributed by atoms with Crippen LogP contribution in [0.4, 0.5) is 8.78 Å². The number of rotatable bonds is 2. The molecule has 3 aliphatic rings. The molecular weight excluding hydrogens is 434 g/mol. The van der Waals surface area contributed by atoms with Crippen LogP contribution in [0.2, 0.25) is 5.02 Å². The van der Waals surface area contributed by atoms with E-state index in [-0.39, 0.29) is 29.2 Å². The Morgan fingerprint density at radius 2 is 1.73 bits per heavy atom. The molecule has 30 heavy (non-hydrogen) atoms. The molecule has 0 bridgehead atoms. The van der Waals surface area contributed by atoms with Crippen molar-refractivity contribution in [2.45, 2.75) is 35.3 Å². The van der Waals surface area contributed by atoms with E-state index in [9.17, 15) is 12.8 Å². The van der Waals surface area contributed by atoms with Crippen LogP contribution in [0.15, 0.2) is 41.3 Å². The largest absolute Gasteiger partial charge is 0.490 e. The van der Waals surface area contributed by atoms with Gasteiger partial charge in [0, 0.05) is 23.0 Å². The number of hydrogen-bond acceptors (Lipinski definition) is 4. The molecule has 8 heteroatoms. The maximum atomic E-state index is 15.3. The molecule has 1 spiro atoms. The van der Waals surface area contributed by atoms with E-state index in [1.165, 1.54) is 24.3 Å². The van der Waals surface area contributed by atoms with E-state index in [0.29, 0.717) is 31.1 Å². The van der Waals surface area contributed by atoms with Gasteiger partial charge in [-0.25, -0.2) is 17.2 Å². The molecule has 2 aliphatic heterocycles. The second-order valence-electron chi connectivity index (χ2n) is 8.46. The number of ether oxygens (including phenoxy) is 2. The smallest absolute Gasteiger partial charge is 0.188 e. The molecule has 2 aromatic carbocycles. The zero-order valence-corrected chi connectivity index (χ0v) is 17.7. The van der Waals surface area contributed by atoms with Gasteiger partial charge in [-0.05, 0) is 55.7 Å². The fourth-order valence-electron chi connectivity index (χ4n) is 5.77. The summed E-state index contributed by atoms with van der Waals surface area (Å²) in [6.07, 6.45) is 2.21. The highest BCUT2D eigenvalue weighted by molar-refractivity contribution is 7.92. The Balaban J connectivity index is 1.82. The van der Waals surface area contributed by atoms with Crippen LogP contribution in [0, 0.1) is 23.0 Å². The Morgan fingerprint density at radius 3 is 2.43 bits per heavy atom. The van der Waals surface area contributed by atoms with Crippen LogP contribution in [-0.2, 0) is 19.3 Å². The normalized spacial score (nSPS) is 30.6. The number of sulfone groups is 1. The summed E-state index contributed by atoms with van der Waals surface area (Å²) < 4.78 is 68.1. The van der Waals surface area contributed by atoms with Crippen molar-refractivity contribution in [1.82, 2.24) is 0 Å². The predicted octanol–water partition coefficient (Wildman–Crippen LogP) is 4.89. The molecule has 5 rings (SSSR count). The summed E-state index contributed by atoms with van der Waals surface area (Å²) in [5.41, 5.74) is -0.631. The molecule has 2 fully saturated rings. The first-order valence-corrected chi connectivity index (χ1v) is 11.9. The van der Waals surface area contributed by atoms with Crippen molar-refractivity contribution in [3.8, 4) is 5.75 Å². The van der Waals surface area contributed by atoms with Crippen LogP contribution < -0.4 is 4.74 Å². The van der Waals surface area contributed by atoms with Gasteiger partial charge < -0.3 is 9.47 Å². The van der Waals surface area contributed by atoms with Crippen molar-refractivity contribution in [2.75, 3.05) is 19.8 Å². The Morgan fingerprint density at radius 1 is 1.00 bits per heavy atom. The maximum Gasteiger partial charge on any atom is 0.188 e. The first-order valence-electron chi connectivity index (χ1n) is 10.0. The van der Waals surface area contributed by atoms with Gasteiger partial charge in [-0.3, -0.25) is 0 Å². The molecule has 1 aliphatic carbocycles. The zero-order chi connectivity index (χ0) is 21.1. The molecule has 4 nitrogen and oxygen atoms in total. The third-order valence-electron chi connectivity index (χ3n) is 7.14. The van der Waals surface area contributed by atoms with Gasteiger partial charge in [-0.15, -0.1) is 0 Å². The van der Waals surface area contributed by atoms with Crippen molar-refractivity contribution in [3.63, 3.8) is 0 Å². The molecule has 0 unspecified atom stereocenters. The third-order valence-corrected chi connectivity index (χ3v) is 9.94. The number of halogens is 3. The average molecular weight is 455 g/mol. The molecule has 2 heterocycles. The second-order valence-corrected chi connectivity index (χ2v) is 11.1.